The van der Waals surface area contributed by atoms with E-state index in [1.54, 1.807) is 0 Å². The summed E-state index contributed by atoms with van der Waals surface area (Å²) in [5.41, 5.74) is 0.697. The average molecular weight is 196 g/mol. The van der Waals surface area contributed by atoms with E-state index in [4.69, 9.17) is 0 Å². The highest BCUT2D eigenvalue weighted by atomic mass is 14.9. The summed E-state index contributed by atoms with van der Waals surface area (Å²) in [4.78, 5) is 0. The Morgan fingerprint density at radius 2 is 1.21 bits per heavy atom. The van der Waals surface area contributed by atoms with Gasteiger partial charge in [0, 0.05) is 0 Å². The molecule has 0 bridgehead atoms. The van der Waals surface area contributed by atoms with Gasteiger partial charge in [-0.25, -0.2) is 0 Å². The Balaban J connectivity index is 1.91. The first-order valence-electron chi connectivity index (χ1n) is 6.33. The molecule has 0 saturated carbocycles. The van der Waals surface area contributed by atoms with Crippen LogP contribution in [0.25, 0.3) is 0 Å². The first-order chi connectivity index (χ1) is 6.91. The molecule has 2 aliphatic rings. The van der Waals surface area contributed by atoms with Crippen molar-refractivity contribution in [1.29, 1.82) is 0 Å². The molecule has 2 nitrogen and oxygen atoms in total. The van der Waals surface area contributed by atoms with E-state index in [0.717, 1.165) is 0 Å². The smallest absolute Gasteiger partial charge is 0.00436 e. The van der Waals surface area contributed by atoms with E-state index in [0.29, 0.717) is 5.41 Å². The maximum absolute atomic E-state index is 3.58. The fourth-order valence-electron chi connectivity index (χ4n) is 2.99. The zero-order chi connectivity index (χ0) is 9.69. The minimum atomic E-state index is 0.697. The molecule has 2 saturated heterocycles. The monoisotopic (exact) mass is 196 g/mol. The highest BCUT2D eigenvalue weighted by Gasteiger charge is 2.30. The zero-order valence-corrected chi connectivity index (χ0v) is 9.28. The van der Waals surface area contributed by atoms with Crippen molar-refractivity contribution in [2.24, 2.45) is 5.41 Å². The number of hydrogen-bond donors (Lipinski definition) is 2. The maximum Gasteiger partial charge on any atom is -0.00436 e. The predicted molar refractivity (Wildman–Crippen MR) is 60.5 cm³/mol. The van der Waals surface area contributed by atoms with Gasteiger partial charge in [0.2, 0.25) is 0 Å². The summed E-state index contributed by atoms with van der Waals surface area (Å²) in [6.07, 6.45) is 9.99. The van der Waals surface area contributed by atoms with Gasteiger partial charge in [-0.3, -0.25) is 0 Å². The van der Waals surface area contributed by atoms with Crippen molar-refractivity contribution in [3.63, 3.8) is 0 Å². The third-order valence-electron chi connectivity index (χ3n) is 4.06. The van der Waals surface area contributed by atoms with Gasteiger partial charge < -0.3 is 10.6 Å². The van der Waals surface area contributed by atoms with E-state index in [9.17, 15) is 0 Å². The summed E-state index contributed by atoms with van der Waals surface area (Å²) in [7, 11) is 0. The molecule has 0 unspecified atom stereocenters. The molecule has 0 amide bonds. The fraction of sp³-hybridized carbons (Fsp3) is 1.00. The SMILES string of the molecule is C1CCNCCC2(CC1)CCNCC2. The molecule has 0 aromatic heterocycles. The van der Waals surface area contributed by atoms with Gasteiger partial charge in [0.25, 0.3) is 0 Å². The summed E-state index contributed by atoms with van der Waals surface area (Å²) in [6, 6.07) is 0. The molecular formula is C12H24N2. The lowest BCUT2D eigenvalue weighted by Crippen LogP contribution is -2.38. The molecule has 1 spiro atoms. The van der Waals surface area contributed by atoms with Gasteiger partial charge in [0.1, 0.15) is 0 Å². The van der Waals surface area contributed by atoms with Crippen molar-refractivity contribution in [2.75, 3.05) is 26.2 Å². The second-order valence-electron chi connectivity index (χ2n) is 5.06. The Morgan fingerprint density at radius 3 is 1.93 bits per heavy atom. The highest BCUT2D eigenvalue weighted by Crippen LogP contribution is 2.38. The van der Waals surface area contributed by atoms with Crippen LogP contribution in [0.15, 0.2) is 0 Å². The second-order valence-corrected chi connectivity index (χ2v) is 5.06. The van der Waals surface area contributed by atoms with Crippen molar-refractivity contribution >= 4 is 0 Å². The summed E-state index contributed by atoms with van der Waals surface area (Å²) >= 11 is 0. The van der Waals surface area contributed by atoms with E-state index in [-0.39, 0.29) is 0 Å². The predicted octanol–water partition coefficient (Wildman–Crippen LogP) is 1.91. The molecule has 2 fully saturated rings. The van der Waals surface area contributed by atoms with Gasteiger partial charge in [-0.1, -0.05) is 12.8 Å². The second kappa shape index (κ2) is 5.13. The molecule has 2 aliphatic heterocycles. The zero-order valence-electron chi connectivity index (χ0n) is 9.28. The molecule has 0 atom stereocenters. The molecule has 82 valence electrons. The van der Waals surface area contributed by atoms with Crippen molar-refractivity contribution in [1.82, 2.24) is 10.6 Å². The van der Waals surface area contributed by atoms with Gasteiger partial charge in [-0.2, -0.15) is 0 Å². The van der Waals surface area contributed by atoms with E-state index in [2.05, 4.69) is 10.6 Å². The van der Waals surface area contributed by atoms with Crippen molar-refractivity contribution in [2.45, 2.75) is 44.9 Å². The lowest BCUT2D eigenvalue weighted by molar-refractivity contribution is 0.166. The van der Waals surface area contributed by atoms with Crippen LogP contribution in [0.3, 0.4) is 0 Å². The van der Waals surface area contributed by atoms with E-state index in [1.165, 1.54) is 71.1 Å². The number of hydrogen-bond acceptors (Lipinski definition) is 2. The highest BCUT2D eigenvalue weighted by molar-refractivity contribution is 4.85. The van der Waals surface area contributed by atoms with Crippen molar-refractivity contribution in [3.8, 4) is 0 Å². The van der Waals surface area contributed by atoms with E-state index >= 15 is 0 Å². The average Bonchev–Trinajstić information content (AvgIpc) is 2.33. The first kappa shape index (κ1) is 10.4. The molecule has 14 heavy (non-hydrogen) atoms. The molecule has 0 aliphatic carbocycles. The Hall–Kier alpha value is -0.0800. The molecule has 0 aromatic rings. The summed E-state index contributed by atoms with van der Waals surface area (Å²) in [6.45, 7) is 4.99. The van der Waals surface area contributed by atoms with Crippen LogP contribution < -0.4 is 10.6 Å². The van der Waals surface area contributed by atoms with Crippen LogP contribution >= 0.6 is 0 Å². The molecule has 0 radical (unpaired) electrons. The molecular weight excluding hydrogens is 172 g/mol. The van der Waals surface area contributed by atoms with Crippen LogP contribution in [-0.4, -0.2) is 26.2 Å². The molecule has 2 N–H and O–H groups in total. The lowest BCUT2D eigenvalue weighted by atomic mass is 9.72. The Bertz CT molecular complexity index is 150. The van der Waals surface area contributed by atoms with Crippen LogP contribution in [0, 0.1) is 5.41 Å². The number of nitrogens with one attached hydrogen (secondary N) is 2. The summed E-state index contributed by atoms with van der Waals surface area (Å²) in [5, 5.41) is 7.07. The Morgan fingerprint density at radius 1 is 0.571 bits per heavy atom. The van der Waals surface area contributed by atoms with Gasteiger partial charge in [-0.05, 0) is 63.7 Å². The summed E-state index contributed by atoms with van der Waals surface area (Å²) < 4.78 is 0. The van der Waals surface area contributed by atoms with Crippen LogP contribution in [0.5, 0.6) is 0 Å². The van der Waals surface area contributed by atoms with E-state index < -0.39 is 0 Å². The minimum absolute atomic E-state index is 0.697. The normalized spacial score (nSPS) is 29.1. The molecule has 2 rings (SSSR count). The third kappa shape index (κ3) is 2.71. The largest absolute Gasteiger partial charge is 0.317 e. The van der Waals surface area contributed by atoms with Gasteiger partial charge in [0.05, 0.1) is 0 Å². The number of rotatable bonds is 0. The van der Waals surface area contributed by atoms with Crippen LogP contribution in [0.4, 0.5) is 0 Å². The van der Waals surface area contributed by atoms with Crippen molar-refractivity contribution < 1.29 is 0 Å². The van der Waals surface area contributed by atoms with Crippen molar-refractivity contribution in [3.05, 3.63) is 0 Å². The third-order valence-corrected chi connectivity index (χ3v) is 4.06. The van der Waals surface area contributed by atoms with E-state index in [1.807, 2.05) is 0 Å². The lowest BCUT2D eigenvalue weighted by Gasteiger charge is -2.37. The Kier molecular flexibility index (Phi) is 3.82. The standard InChI is InChI=1S/C12H24N2/c1-2-4-12(5-9-13-8-3-1)6-10-14-11-7-12/h13-14H,1-11H2. The quantitative estimate of drug-likeness (QED) is 0.618. The fourth-order valence-corrected chi connectivity index (χ4v) is 2.99. The molecule has 0 aromatic carbocycles. The Labute approximate surface area is 87.8 Å². The van der Waals surface area contributed by atoms with Crippen LogP contribution in [-0.2, 0) is 0 Å². The van der Waals surface area contributed by atoms with Crippen LogP contribution in [0.1, 0.15) is 44.9 Å². The van der Waals surface area contributed by atoms with Gasteiger partial charge in [-0.15, -0.1) is 0 Å². The maximum atomic E-state index is 3.58. The first-order valence-corrected chi connectivity index (χ1v) is 6.33. The number of piperidine rings is 1. The molecule has 2 heterocycles. The topological polar surface area (TPSA) is 24.1 Å². The minimum Gasteiger partial charge on any atom is -0.317 e. The molecule has 2 heteroatoms. The van der Waals surface area contributed by atoms with Gasteiger partial charge in [0.15, 0.2) is 0 Å². The summed E-state index contributed by atoms with van der Waals surface area (Å²) in [5.74, 6) is 0. The van der Waals surface area contributed by atoms with Crippen LogP contribution in [0.2, 0.25) is 0 Å². The van der Waals surface area contributed by atoms with Gasteiger partial charge >= 0.3 is 0 Å².